The largest absolute Gasteiger partial charge is 0.365 e. The van der Waals surface area contributed by atoms with Gasteiger partial charge in [0.05, 0.1) is 0 Å². The Morgan fingerprint density at radius 2 is 1.92 bits per heavy atom. The molecule has 1 nitrogen and oxygen atoms in total. The van der Waals surface area contributed by atoms with E-state index in [1.807, 2.05) is 6.20 Å². The highest BCUT2D eigenvalue weighted by Crippen LogP contribution is 2.31. The first-order valence-electron chi connectivity index (χ1n) is 4.60. The molecule has 1 heterocycles. The Balaban J connectivity index is 0.000000720. The molecule has 1 fully saturated rings. The predicted octanol–water partition coefficient (Wildman–Crippen LogP) is 1.88. The predicted molar refractivity (Wildman–Crippen MR) is 56.6 cm³/mol. The van der Waals surface area contributed by atoms with E-state index in [0.29, 0.717) is 0 Å². The molecule has 0 unspecified atom stereocenters. The minimum atomic E-state index is 0. The van der Waals surface area contributed by atoms with Gasteiger partial charge in [0, 0.05) is 11.9 Å². The van der Waals surface area contributed by atoms with E-state index in [9.17, 15) is 0 Å². The summed E-state index contributed by atoms with van der Waals surface area (Å²) < 4.78 is 0. The molecule has 1 aliphatic carbocycles. The van der Waals surface area contributed by atoms with Gasteiger partial charge in [0.1, 0.15) is 0 Å². The second-order valence-corrected chi connectivity index (χ2v) is 3.46. The lowest BCUT2D eigenvalue weighted by Gasteiger charge is -2.20. The normalized spacial score (nSPS) is 18.7. The Labute approximate surface area is 84.7 Å². The Hall–Kier alpha value is -0.188. The molecule has 1 saturated carbocycles. The van der Waals surface area contributed by atoms with Crippen LogP contribution in [0, 0.1) is 0 Å². The van der Waals surface area contributed by atoms with Crippen LogP contribution in [0.4, 0.5) is 0 Å². The molecule has 0 aliphatic heterocycles. The highest BCUT2D eigenvalue weighted by Gasteiger charge is 2.15. The van der Waals surface area contributed by atoms with E-state index in [-0.39, 0.29) is 17.4 Å². The van der Waals surface area contributed by atoms with Gasteiger partial charge in [0.25, 0.3) is 0 Å². The van der Waals surface area contributed by atoms with Crippen LogP contribution in [0.3, 0.4) is 0 Å². The van der Waals surface area contributed by atoms with Crippen molar-refractivity contribution in [1.29, 1.82) is 0 Å². The van der Waals surface area contributed by atoms with E-state index in [1.54, 1.807) is 0 Å². The molecule has 0 bridgehead atoms. The number of rotatable bonds is 1. The zero-order chi connectivity index (χ0) is 7.52. The first-order chi connectivity index (χ1) is 5.47. The molecule has 2 heteroatoms. The summed E-state index contributed by atoms with van der Waals surface area (Å²) in [7, 11) is 0. The molecule has 2 rings (SSSR count). The molecule has 66 valence electrons. The molecule has 0 saturated heterocycles. The minimum Gasteiger partial charge on any atom is -0.365 e. The molecule has 0 spiro atoms. The summed E-state index contributed by atoms with van der Waals surface area (Å²) in [6.07, 6.45) is 9.09. The van der Waals surface area contributed by atoms with Crippen molar-refractivity contribution in [1.82, 2.24) is 4.98 Å². The van der Waals surface area contributed by atoms with E-state index in [0.717, 1.165) is 5.92 Å². The van der Waals surface area contributed by atoms with Crippen molar-refractivity contribution in [3.05, 3.63) is 24.0 Å². The smallest absolute Gasteiger partial charge is 0.187 e. The van der Waals surface area contributed by atoms with Crippen molar-refractivity contribution < 1.29 is 0 Å². The average Bonchev–Trinajstić information content (AvgIpc) is 2.58. The summed E-state index contributed by atoms with van der Waals surface area (Å²) in [4.78, 5) is 3.31. The van der Waals surface area contributed by atoms with Gasteiger partial charge in [-0.15, -0.1) is 0 Å². The second-order valence-electron chi connectivity index (χ2n) is 3.46. The number of hydrogen-bond acceptors (Lipinski definition) is 0. The molecular formula is C10H18AlN. The third kappa shape index (κ3) is 2.15. The van der Waals surface area contributed by atoms with Crippen LogP contribution in [0.25, 0.3) is 0 Å². The molecule has 0 aromatic carbocycles. The van der Waals surface area contributed by atoms with Gasteiger partial charge in [-0.05, 0) is 30.9 Å². The van der Waals surface area contributed by atoms with Crippen molar-refractivity contribution in [3.63, 3.8) is 0 Å². The maximum Gasteiger partial charge on any atom is 0.187 e. The van der Waals surface area contributed by atoms with Crippen molar-refractivity contribution in [3.8, 4) is 0 Å². The Morgan fingerprint density at radius 3 is 2.50 bits per heavy atom. The quantitative estimate of drug-likeness (QED) is 0.633. The number of aromatic amines is 1. The van der Waals surface area contributed by atoms with Crippen LogP contribution in [0.5, 0.6) is 0 Å². The molecule has 0 atom stereocenters. The average molecular weight is 179 g/mol. The number of nitrogens with one attached hydrogen (secondary N) is 1. The molecule has 12 heavy (non-hydrogen) atoms. The van der Waals surface area contributed by atoms with Crippen LogP contribution in [0.1, 0.15) is 43.7 Å². The molecule has 1 aromatic rings. The third-order valence-corrected chi connectivity index (χ3v) is 2.67. The molecular weight excluding hydrogens is 161 g/mol. The highest BCUT2D eigenvalue weighted by molar-refractivity contribution is 5.75. The van der Waals surface area contributed by atoms with E-state index in [2.05, 4.69) is 17.1 Å². The Bertz CT molecular complexity index is 200. The fraction of sp³-hybridized carbons (Fsp3) is 0.600. The number of hydrogen-bond donors (Lipinski definition) is 1. The molecule has 1 N–H and O–H groups in total. The van der Waals surface area contributed by atoms with Gasteiger partial charge in [-0.3, -0.25) is 0 Å². The first kappa shape index (κ1) is 9.90. The van der Waals surface area contributed by atoms with E-state index in [4.69, 9.17) is 0 Å². The van der Waals surface area contributed by atoms with E-state index in [1.165, 1.54) is 37.8 Å². The lowest BCUT2D eigenvalue weighted by molar-refractivity contribution is 0.438. The van der Waals surface area contributed by atoms with Gasteiger partial charge in [-0.25, -0.2) is 0 Å². The maximum absolute atomic E-state index is 3.31. The van der Waals surface area contributed by atoms with Gasteiger partial charge < -0.3 is 4.98 Å². The van der Waals surface area contributed by atoms with E-state index >= 15 is 0 Å². The zero-order valence-corrected chi connectivity index (χ0v) is 6.84. The maximum atomic E-state index is 3.31. The lowest BCUT2D eigenvalue weighted by atomic mass is 9.87. The Morgan fingerprint density at radius 1 is 1.17 bits per heavy atom. The highest BCUT2D eigenvalue weighted by atomic mass is 27.0. The van der Waals surface area contributed by atoms with Crippen LogP contribution in [-0.2, 0) is 0 Å². The summed E-state index contributed by atoms with van der Waals surface area (Å²) in [6.45, 7) is 0. The molecule has 1 aliphatic rings. The summed E-state index contributed by atoms with van der Waals surface area (Å²) in [5.41, 5.74) is 1.45. The number of aromatic nitrogens is 1. The van der Waals surface area contributed by atoms with Crippen LogP contribution in [0.2, 0.25) is 0 Å². The minimum absolute atomic E-state index is 0. The lowest BCUT2D eigenvalue weighted by Crippen LogP contribution is -2.04. The monoisotopic (exact) mass is 179 g/mol. The molecule has 0 amide bonds. The van der Waals surface area contributed by atoms with Crippen molar-refractivity contribution in [2.24, 2.45) is 0 Å². The van der Waals surface area contributed by atoms with Crippen molar-refractivity contribution >= 4 is 17.4 Å². The first-order valence-corrected chi connectivity index (χ1v) is 4.60. The van der Waals surface area contributed by atoms with Crippen LogP contribution >= 0.6 is 0 Å². The van der Waals surface area contributed by atoms with Crippen molar-refractivity contribution in [2.45, 2.75) is 38.0 Å². The zero-order valence-electron chi connectivity index (χ0n) is 6.84. The standard InChI is InChI=1S/C10H15N.Al.3H/c1-2-5-9(6-3-1)10-7-4-8-11-10;;;;/h4,7-9,11H,1-3,5-6H2;;;;. The fourth-order valence-corrected chi connectivity index (χ4v) is 2.01. The van der Waals surface area contributed by atoms with Crippen LogP contribution in [0.15, 0.2) is 18.3 Å². The topological polar surface area (TPSA) is 15.8 Å². The molecule has 1 aromatic heterocycles. The van der Waals surface area contributed by atoms with Crippen molar-refractivity contribution in [2.75, 3.05) is 0 Å². The van der Waals surface area contributed by atoms with Gasteiger partial charge in [0.15, 0.2) is 17.4 Å². The fourth-order valence-electron chi connectivity index (χ4n) is 2.01. The summed E-state index contributed by atoms with van der Waals surface area (Å²) in [5.74, 6) is 0.832. The van der Waals surface area contributed by atoms with E-state index < -0.39 is 0 Å². The number of H-pyrrole nitrogens is 1. The van der Waals surface area contributed by atoms with Gasteiger partial charge in [0.2, 0.25) is 0 Å². The van der Waals surface area contributed by atoms with Crippen LogP contribution in [-0.4, -0.2) is 22.3 Å². The van der Waals surface area contributed by atoms with Gasteiger partial charge >= 0.3 is 0 Å². The summed E-state index contributed by atoms with van der Waals surface area (Å²) in [5, 5.41) is 0. The summed E-state index contributed by atoms with van der Waals surface area (Å²) in [6, 6.07) is 4.32. The molecule has 0 radical (unpaired) electrons. The third-order valence-electron chi connectivity index (χ3n) is 2.67. The summed E-state index contributed by atoms with van der Waals surface area (Å²) >= 11 is 0. The SMILES string of the molecule is [AlH3].c1c[nH]c(C2CCCCC2)c1. The second kappa shape index (κ2) is 4.74. The van der Waals surface area contributed by atoms with Gasteiger partial charge in [-0.2, -0.15) is 0 Å². The van der Waals surface area contributed by atoms with Gasteiger partial charge in [-0.1, -0.05) is 19.3 Å². The van der Waals surface area contributed by atoms with Crippen LogP contribution < -0.4 is 0 Å². The Kier molecular flexibility index (Phi) is 3.91.